The molecule has 62 valence electrons. The number of halogens is 1. The number of Topliss-reactive ketones (excluding diaryl/α,β-unsaturated/α-hetero) is 1. The predicted octanol–water partition coefficient (Wildman–Crippen LogP) is 1.82. The van der Waals surface area contributed by atoms with Gasteiger partial charge in [-0.15, -0.1) is 0 Å². The Balaban J connectivity index is 2.60. The molecule has 0 aromatic heterocycles. The average Bonchev–Trinajstić information content (AvgIpc) is 2.04. The third-order valence-electron chi connectivity index (χ3n) is 1.96. The molecule has 0 spiro atoms. The third-order valence-corrected chi connectivity index (χ3v) is 1.96. The normalized spacial score (nSPS) is 15.2. The molecule has 0 bridgehead atoms. The van der Waals surface area contributed by atoms with Crippen molar-refractivity contribution in [3.8, 4) is 0 Å². The molecule has 1 aliphatic heterocycles. The Morgan fingerprint density at radius 1 is 1.42 bits per heavy atom. The summed E-state index contributed by atoms with van der Waals surface area (Å²) in [6, 6.07) is 4.62. The van der Waals surface area contributed by atoms with Gasteiger partial charge in [-0.05, 0) is 12.1 Å². The van der Waals surface area contributed by atoms with Gasteiger partial charge in [0.1, 0.15) is 5.82 Å². The van der Waals surface area contributed by atoms with Crippen LogP contribution in [0.3, 0.4) is 0 Å². The van der Waals surface area contributed by atoms with E-state index in [4.69, 9.17) is 0 Å². The van der Waals surface area contributed by atoms with E-state index < -0.39 is 5.82 Å². The minimum atomic E-state index is -0.426. The lowest BCUT2D eigenvalue weighted by atomic mass is 10.0. The Morgan fingerprint density at radius 3 is 3.00 bits per heavy atom. The molecule has 0 unspecified atom stereocenters. The van der Waals surface area contributed by atoms with E-state index in [0.29, 0.717) is 18.7 Å². The van der Waals surface area contributed by atoms with E-state index in [2.05, 4.69) is 5.32 Å². The summed E-state index contributed by atoms with van der Waals surface area (Å²) in [7, 11) is 0. The second kappa shape index (κ2) is 2.59. The molecule has 1 aromatic rings. The number of benzene rings is 1. The maximum absolute atomic E-state index is 13.1. The predicted molar refractivity (Wildman–Crippen MR) is 43.8 cm³/mol. The monoisotopic (exact) mass is 165 g/mol. The molecule has 12 heavy (non-hydrogen) atoms. The third kappa shape index (κ3) is 0.978. The van der Waals surface area contributed by atoms with E-state index in [1.165, 1.54) is 6.07 Å². The van der Waals surface area contributed by atoms with E-state index in [1.807, 2.05) is 0 Å². The molecule has 1 aliphatic rings. The van der Waals surface area contributed by atoms with Gasteiger partial charge >= 0.3 is 0 Å². The molecule has 2 rings (SSSR count). The Bertz CT molecular complexity index is 335. The van der Waals surface area contributed by atoms with Crippen LogP contribution < -0.4 is 5.32 Å². The largest absolute Gasteiger partial charge is 0.384 e. The number of carbonyl (C=O) groups excluding carboxylic acids is 1. The van der Waals surface area contributed by atoms with Crippen LogP contribution in [0.5, 0.6) is 0 Å². The first-order valence-electron chi connectivity index (χ1n) is 3.84. The first kappa shape index (κ1) is 7.28. The highest BCUT2D eigenvalue weighted by Gasteiger charge is 2.19. The van der Waals surface area contributed by atoms with Crippen molar-refractivity contribution in [2.75, 3.05) is 11.9 Å². The van der Waals surface area contributed by atoms with E-state index in [9.17, 15) is 9.18 Å². The lowest BCUT2D eigenvalue weighted by molar-refractivity contribution is 0.0980. The first-order chi connectivity index (χ1) is 5.79. The van der Waals surface area contributed by atoms with Crippen LogP contribution in [0.4, 0.5) is 10.1 Å². The van der Waals surface area contributed by atoms with E-state index in [0.717, 1.165) is 0 Å². The lowest BCUT2D eigenvalue weighted by Gasteiger charge is -2.16. The van der Waals surface area contributed by atoms with Crippen LogP contribution in [-0.4, -0.2) is 12.3 Å². The van der Waals surface area contributed by atoms with Crippen LogP contribution in [0.1, 0.15) is 16.8 Å². The SMILES string of the molecule is O=C1CCNc2cccc(F)c21. The molecule has 0 amide bonds. The van der Waals surface area contributed by atoms with Gasteiger partial charge in [0.25, 0.3) is 0 Å². The van der Waals surface area contributed by atoms with Gasteiger partial charge in [-0.2, -0.15) is 0 Å². The van der Waals surface area contributed by atoms with Gasteiger partial charge < -0.3 is 5.32 Å². The van der Waals surface area contributed by atoms with E-state index in [1.54, 1.807) is 12.1 Å². The maximum Gasteiger partial charge on any atom is 0.169 e. The number of fused-ring (bicyclic) bond motifs is 1. The van der Waals surface area contributed by atoms with E-state index >= 15 is 0 Å². The zero-order valence-corrected chi connectivity index (χ0v) is 6.43. The lowest BCUT2D eigenvalue weighted by Crippen LogP contribution is -2.19. The zero-order chi connectivity index (χ0) is 8.55. The number of carbonyl (C=O) groups is 1. The molecule has 0 radical (unpaired) electrons. The number of anilines is 1. The molecule has 0 atom stereocenters. The van der Waals surface area contributed by atoms with Crippen molar-refractivity contribution in [3.63, 3.8) is 0 Å². The Hall–Kier alpha value is -1.38. The minimum Gasteiger partial charge on any atom is -0.384 e. The fraction of sp³-hybridized carbons (Fsp3) is 0.222. The van der Waals surface area contributed by atoms with Crippen molar-refractivity contribution in [1.29, 1.82) is 0 Å². The van der Waals surface area contributed by atoms with Crippen molar-refractivity contribution in [2.45, 2.75) is 6.42 Å². The van der Waals surface area contributed by atoms with Gasteiger partial charge in [0, 0.05) is 18.7 Å². The fourth-order valence-corrected chi connectivity index (χ4v) is 1.39. The fourth-order valence-electron chi connectivity index (χ4n) is 1.39. The Morgan fingerprint density at radius 2 is 2.25 bits per heavy atom. The van der Waals surface area contributed by atoms with Crippen LogP contribution >= 0.6 is 0 Å². The Labute approximate surface area is 69.4 Å². The number of hydrogen-bond acceptors (Lipinski definition) is 2. The molecule has 0 saturated heterocycles. The molecule has 0 saturated carbocycles. The van der Waals surface area contributed by atoms with E-state index in [-0.39, 0.29) is 11.3 Å². The number of hydrogen-bond donors (Lipinski definition) is 1. The molecular formula is C9H8FNO. The van der Waals surface area contributed by atoms with Crippen LogP contribution in [-0.2, 0) is 0 Å². The molecule has 1 N–H and O–H groups in total. The molecule has 3 heteroatoms. The number of nitrogens with one attached hydrogen (secondary N) is 1. The quantitative estimate of drug-likeness (QED) is 0.635. The molecule has 1 heterocycles. The number of rotatable bonds is 0. The maximum atomic E-state index is 13.1. The highest BCUT2D eigenvalue weighted by molar-refractivity contribution is 6.03. The summed E-state index contributed by atoms with van der Waals surface area (Å²) in [5.74, 6) is -0.536. The summed E-state index contributed by atoms with van der Waals surface area (Å²) >= 11 is 0. The summed E-state index contributed by atoms with van der Waals surface area (Å²) in [4.78, 5) is 11.2. The summed E-state index contributed by atoms with van der Waals surface area (Å²) < 4.78 is 13.1. The molecular weight excluding hydrogens is 157 g/mol. The van der Waals surface area contributed by atoms with Gasteiger partial charge in [-0.3, -0.25) is 4.79 Å². The van der Waals surface area contributed by atoms with Crippen LogP contribution in [0, 0.1) is 5.82 Å². The van der Waals surface area contributed by atoms with Gasteiger partial charge in [0.15, 0.2) is 5.78 Å². The van der Waals surface area contributed by atoms with Crippen molar-refractivity contribution in [3.05, 3.63) is 29.6 Å². The second-order valence-electron chi connectivity index (χ2n) is 2.76. The molecule has 0 aliphatic carbocycles. The van der Waals surface area contributed by atoms with Gasteiger partial charge in [0.05, 0.1) is 5.56 Å². The number of ketones is 1. The van der Waals surface area contributed by atoms with Gasteiger partial charge in [-0.25, -0.2) is 4.39 Å². The van der Waals surface area contributed by atoms with Crippen LogP contribution in [0.25, 0.3) is 0 Å². The Kier molecular flexibility index (Phi) is 1.57. The highest BCUT2D eigenvalue weighted by Crippen LogP contribution is 2.23. The standard InChI is InChI=1S/C9H8FNO/c10-6-2-1-3-7-9(6)8(12)4-5-11-7/h1-3,11H,4-5H2. The molecule has 2 nitrogen and oxygen atoms in total. The van der Waals surface area contributed by atoms with Crippen molar-refractivity contribution in [1.82, 2.24) is 0 Å². The summed E-state index contributed by atoms with van der Waals surface area (Å²) in [5, 5.41) is 2.97. The second-order valence-corrected chi connectivity index (χ2v) is 2.76. The first-order valence-corrected chi connectivity index (χ1v) is 3.84. The highest BCUT2D eigenvalue weighted by atomic mass is 19.1. The van der Waals surface area contributed by atoms with Crippen molar-refractivity contribution < 1.29 is 9.18 Å². The molecule has 1 aromatic carbocycles. The van der Waals surface area contributed by atoms with Crippen LogP contribution in [0.15, 0.2) is 18.2 Å². The van der Waals surface area contributed by atoms with Crippen LogP contribution in [0.2, 0.25) is 0 Å². The summed E-state index contributed by atoms with van der Waals surface area (Å²) in [5.41, 5.74) is 0.829. The average molecular weight is 165 g/mol. The summed E-state index contributed by atoms with van der Waals surface area (Å²) in [6.07, 6.45) is 0.383. The smallest absolute Gasteiger partial charge is 0.169 e. The van der Waals surface area contributed by atoms with Gasteiger partial charge in [-0.1, -0.05) is 6.07 Å². The summed E-state index contributed by atoms with van der Waals surface area (Å²) in [6.45, 7) is 0.606. The minimum absolute atomic E-state index is 0.109. The van der Waals surface area contributed by atoms with Crippen molar-refractivity contribution in [2.24, 2.45) is 0 Å². The zero-order valence-electron chi connectivity index (χ0n) is 6.43. The van der Waals surface area contributed by atoms with Gasteiger partial charge in [0.2, 0.25) is 0 Å². The topological polar surface area (TPSA) is 29.1 Å². The molecule has 0 fully saturated rings. The van der Waals surface area contributed by atoms with Crippen molar-refractivity contribution >= 4 is 11.5 Å².